The maximum atomic E-state index is 12.1. The normalized spacial score (nSPS) is 11.4. The second-order valence-corrected chi connectivity index (χ2v) is 7.69. The summed E-state index contributed by atoms with van der Waals surface area (Å²) < 4.78 is 5.57. The van der Waals surface area contributed by atoms with Gasteiger partial charge in [0.25, 0.3) is 5.91 Å². The maximum Gasteiger partial charge on any atom is 0.262 e. The lowest BCUT2D eigenvalue weighted by atomic mass is 9.87. The van der Waals surface area contributed by atoms with Gasteiger partial charge in [0.2, 0.25) is 0 Å². The number of anilines is 1. The fourth-order valence-corrected chi connectivity index (χ4v) is 2.62. The number of carbonyl (C=O) groups is 1. The SMILES string of the molecule is CC(C)(C)c1ccc(OCC(=O)Nc2ccc(N=Nc3ccccc3)cc2)cc1. The van der Waals surface area contributed by atoms with Crippen molar-refractivity contribution in [1.29, 1.82) is 0 Å². The summed E-state index contributed by atoms with van der Waals surface area (Å²) in [6, 6.07) is 24.5. The summed E-state index contributed by atoms with van der Waals surface area (Å²) in [5, 5.41) is 11.2. The summed E-state index contributed by atoms with van der Waals surface area (Å²) in [6.07, 6.45) is 0. The molecule has 0 aliphatic rings. The first kappa shape index (κ1) is 20.3. The van der Waals surface area contributed by atoms with Crippen LogP contribution in [0.3, 0.4) is 0 Å². The molecule has 3 aromatic carbocycles. The van der Waals surface area contributed by atoms with Gasteiger partial charge in [0.05, 0.1) is 11.4 Å². The Balaban J connectivity index is 1.50. The van der Waals surface area contributed by atoms with E-state index >= 15 is 0 Å². The van der Waals surface area contributed by atoms with E-state index in [0.717, 1.165) is 5.69 Å². The predicted molar refractivity (Wildman–Crippen MR) is 116 cm³/mol. The molecule has 0 spiro atoms. The lowest BCUT2D eigenvalue weighted by Crippen LogP contribution is -2.20. The minimum absolute atomic E-state index is 0.0513. The van der Waals surface area contributed by atoms with E-state index in [1.54, 1.807) is 24.3 Å². The van der Waals surface area contributed by atoms with Gasteiger partial charge in [-0.2, -0.15) is 10.2 Å². The van der Waals surface area contributed by atoms with Crippen LogP contribution in [-0.2, 0) is 10.2 Å². The third kappa shape index (κ3) is 6.28. The monoisotopic (exact) mass is 387 g/mol. The molecule has 0 fully saturated rings. The van der Waals surface area contributed by atoms with E-state index < -0.39 is 0 Å². The van der Waals surface area contributed by atoms with Gasteiger partial charge in [-0.25, -0.2) is 0 Å². The van der Waals surface area contributed by atoms with E-state index in [4.69, 9.17) is 4.74 Å². The molecule has 0 atom stereocenters. The van der Waals surface area contributed by atoms with Crippen molar-refractivity contribution in [2.24, 2.45) is 10.2 Å². The van der Waals surface area contributed by atoms with Gasteiger partial charge < -0.3 is 10.1 Å². The smallest absolute Gasteiger partial charge is 0.262 e. The topological polar surface area (TPSA) is 63.0 Å². The number of benzene rings is 3. The van der Waals surface area contributed by atoms with Crippen LogP contribution in [0.25, 0.3) is 0 Å². The van der Waals surface area contributed by atoms with Crippen LogP contribution in [0, 0.1) is 0 Å². The van der Waals surface area contributed by atoms with Crippen LogP contribution in [0.2, 0.25) is 0 Å². The molecule has 0 saturated heterocycles. The highest BCUT2D eigenvalue weighted by Gasteiger charge is 2.13. The first-order valence-corrected chi connectivity index (χ1v) is 9.50. The van der Waals surface area contributed by atoms with Crippen LogP contribution < -0.4 is 10.1 Å². The average molecular weight is 387 g/mol. The van der Waals surface area contributed by atoms with E-state index in [9.17, 15) is 4.79 Å². The van der Waals surface area contributed by atoms with E-state index in [1.165, 1.54) is 5.56 Å². The number of rotatable bonds is 6. The Morgan fingerprint density at radius 2 is 1.41 bits per heavy atom. The fraction of sp³-hybridized carbons (Fsp3) is 0.208. The molecule has 0 heterocycles. The number of azo groups is 1. The number of nitrogens with zero attached hydrogens (tertiary/aromatic N) is 2. The highest BCUT2D eigenvalue weighted by molar-refractivity contribution is 5.92. The van der Waals surface area contributed by atoms with Gasteiger partial charge in [-0.1, -0.05) is 51.1 Å². The molecule has 0 aliphatic carbocycles. The molecule has 148 valence electrons. The van der Waals surface area contributed by atoms with Crippen molar-refractivity contribution < 1.29 is 9.53 Å². The molecule has 29 heavy (non-hydrogen) atoms. The van der Waals surface area contributed by atoms with Crippen LogP contribution >= 0.6 is 0 Å². The number of amides is 1. The summed E-state index contributed by atoms with van der Waals surface area (Å²) in [5.41, 5.74) is 3.49. The fourth-order valence-electron chi connectivity index (χ4n) is 2.62. The van der Waals surface area contributed by atoms with Crippen molar-refractivity contribution in [3.8, 4) is 5.75 Å². The van der Waals surface area contributed by atoms with Crippen molar-refractivity contribution in [2.75, 3.05) is 11.9 Å². The highest BCUT2D eigenvalue weighted by atomic mass is 16.5. The molecule has 0 unspecified atom stereocenters. The molecule has 1 N–H and O–H groups in total. The Bertz CT molecular complexity index is 958. The Labute approximate surface area is 171 Å². The zero-order valence-electron chi connectivity index (χ0n) is 16.9. The van der Waals surface area contributed by atoms with Gasteiger partial charge in [-0.3, -0.25) is 4.79 Å². The Morgan fingerprint density at radius 3 is 2.00 bits per heavy atom. The second kappa shape index (κ2) is 9.15. The number of carbonyl (C=O) groups excluding carboxylic acids is 1. The standard InChI is InChI=1S/C24H25N3O2/c1-24(2,3)18-9-15-22(16-10-18)29-17-23(28)25-19-11-13-21(14-12-19)27-26-20-7-5-4-6-8-20/h4-16H,17H2,1-3H3,(H,25,28). The Kier molecular flexibility index (Phi) is 6.39. The number of hydrogen-bond acceptors (Lipinski definition) is 4. The van der Waals surface area contributed by atoms with Gasteiger partial charge in [0.15, 0.2) is 6.61 Å². The summed E-state index contributed by atoms with van der Waals surface area (Å²) in [6.45, 7) is 6.42. The van der Waals surface area contributed by atoms with Gasteiger partial charge in [-0.15, -0.1) is 0 Å². The average Bonchev–Trinajstić information content (AvgIpc) is 2.72. The molecule has 3 rings (SSSR count). The van der Waals surface area contributed by atoms with Crippen LogP contribution in [0.5, 0.6) is 5.75 Å². The van der Waals surface area contributed by atoms with Crippen molar-refractivity contribution in [3.05, 3.63) is 84.4 Å². The van der Waals surface area contributed by atoms with Gasteiger partial charge in [0, 0.05) is 5.69 Å². The van der Waals surface area contributed by atoms with Gasteiger partial charge in [0.1, 0.15) is 5.75 Å². The maximum absolute atomic E-state index is 12.1. The molecule has 0 radical (unpaired) electrons. The number of ether oxygens (including phenoxy) is 1. The summed E-state index contributed by atoms with van der Waals surface area (Å²) >= 11 is 0. The lowest BCUT2D eigenvalue weighted by Gasteiger charge is -2.19. The summed E-state index contributed by atoms with van der Waals surface area (Å²) in [4.78, 5) is 12.1. The van der Waals surface area contributed by atoms with E-state index in [0.29, 0.717) is 17.1 Å². The largest absolute Gasteiger partial charge is 0.484 e. The highest BCUT2D eigenvalue weighted by Crippen LogP contribution is 2.24. The van der Waals surface area contributed by atoms with Crippen molar-refractivity contribution in [1.82, 2.24) is 0 Å². The van der Waals surface area contributed by atoms with Crippen molar-refractivity contribution in [2.45, 2.75) is 26.2 Å². The molecular weight excluding hydrogens is 362 g/mol. The first-order chi connectivity index (χ1) is 13.9. The minimum atomic E-state index is -0.219. The first-order valence-electron chi connectivity index (χ1n) is 9.50. The van der Waals surface area contributed by atoms with Gasteiger partial charge in [-0.05, 0) is 59.5 Å². The predicted octanol–water partition coefficient (Wildman–Crippen LogP) is 6.42. The number of hydrogen-bond donors (Lipinski definition) is 1. The quantitative estimate of drug-likeness (QED) is 0.496. The van der Waals surface area contributed by atoms with E-state index in [-0.39, 0.29) is 17.9 Å². The molecule has 0 saturated carbocycles. The second-order valence-electron chi connectivity index (χ2n) is 7.69. The van der Waals surface area contributed by atoms with E-state index in [2.05, 4.69) is 36.3 Å². The minimum Gasteiger partial charge on any atom is -0.484 e. The third-order valence-electron chi connectivity index (χ3n) is 4.28. The molecule has 0 aliphatic heterocycles. The molecule has 1 amide bonds. The molecule has 5 nitrogen and oxygen atoms in total. The Hall–Kier alpha value is -3.47. The van der Waals surface area contributed by atoms with E-state index in [1.807, 2.05) is 54.6 Å². The van der Waals surface area contributed by atoms with Crippen LogP contribution in [-0.4, -0.2) is 12.5 Å². The van der Waals surface area contributed by atoms with Crippen LogP contribution in [0.4, 0.5) is 17.1 Å². The molecule has 5 heteroatoms. The summed E-state index contributed by atoms with van der Waals surface area (Å²) in [5.74, 6) is 0.452. The zero-order chi connectivity index (χ0) is 20.7. The summed E-state index contributed by atoms with van der Waals surface area (Å²) in [7, 11) is 0. The molecule has 3 aromatic rings. The van der Waals surface area contributed by atoms with Crippen LogP contribution in [0.15, 0.2) is 89.1 Å². The van der Waals surface area contributed by atoms with Crippen molar-refractivity contribution >= 4 is 23.0 Å². The Morgan fingerprint density at radius 1 is 0.828 bits per heavy atom. The van der Waals surface area contributed by atoms with Crippen LogP contribution in [0.1, 0.15) is 26.3 Å². The van der Waals surface area contributed by atoms with Gasteiger partial charge >= 0.3 is 0 Å². The number of nitrogens with one attached hydrogen (secondary N) is 1. The zero-order valence-corrected chi connectivity index (χ0v) is 16.9. The lowest BCUT2D eigenvalue weighted by molar-refractivity contribution is -0.118. The molecule has 0 bridgehead atoms. The third-order valence-corrected chi connectivity index (χ3v) is 4.28. The molecule has 0 aromatic heterocycles. The van der Waals surface area contributed by atoms with Crippen molar-refractivity contribution in [3.63, 3.8) is 0 Å². The molecular formula is C24H25N3O2.